The molecule has 0 unspecified atom stereocenters. The molecular formula is C26H23F3N4OS. The predicted octanol–water partition coefficient (Wildman–Crippen LogP) is 5.50. The molecule has 9 heteroatoms. The number of carbonyl (C=O) groups is 1. The summed E-state index contributed by atoms with van der Waals surface area (Å²) >= 11 is 1.46. The van der Waals surface area contributed by atoms with E-state index in [9.17, 15) is 18.0 Å². The number of thiazole rings is 1. The van der Waals surface area contributed by atoms with E-state index in [0.29, 0.717) is 18.5 Å². The smallest absolute Gasteiger partial charge is 0.306 e. The second kappa shape index (κ2) is 11.2. The summed E-state index contributed by atoms with van der Waals surface area (Å²) in [7, 11) is 0. The molecule has 0 spiro atoms. The van der Waals surface area contributed by atoms with Gasteiger partial charge in [-0.2, -0.15) is 13.2 Å². The molecule has 4 rings (SSSR count). The number of hydrogen-bond acceptors (Lipinski definition) is 5. The third kappa shape index (κ3) is 6.74. The van der Waals surface area contributed by atoms with Gasteiger partial charge in [-0.25, -0.2) is 4.98 Å². The van der Waals surface area contributed by atoms with Crippen molar-refractivity contribution in [2.45, 2.75) is 25.2 Å². The van der Waals surface area contributed by atoms with Crippen LogP contribution in [-0.4, -0.2) is 34.6 Å². The SMILES string of the molecule is O=C(N(C[C@@H](Cc1ccccc1)NCc1nccs1)c1cccc(-c2ccncc2)c1)C(F)(F)F. The van der Waals surface area contributed by atoms with Crippen LogP contribution in [-0.2, 0) is 17.8 Å². The largest absolute Gasteiger partial charge is 0.471 e. The Labute approximate surface area is 205 Å². The van der Waals surface area contributed by atoms with Crippen LogP contribution in [0.5, 0.6) is 0 Å². The third-order valence-electron chi connectivity index (χ3n) is 5.41. The van der Waals surface area contributed by atoms with Crippen LogP contribution < -0.4 is 10.2 Å². The minimum absolute atomic E-state index is 0.168. The van der Waals surface area contributed by atoms with Crippen LogP contribution in [0.15, 0.2) is 90.7 Å². The van der Waals surface area contributed by atoms with E-state index in [1.165, 1.54) is 17.4 Å². The first kappa shape index (κ1) is 24.6. The number of alkyl halides is 3. The van der Waals surface area contributed by atoms with Gasteiger partial charge in [0.05, 0.1) is 0 Å². The summed E-state index contributed by atoms with van der Waals surface area (Å²) in [4.78, 5) is 21.6. The zero-order valence-corrected chi connectivity index (χ0v) is 19.5. The number of aromatic nitrogens is 2. The molecule has 0 bridgehead atoms. The predicted molar refractivity (Wildman–Crippen MR) is 131 cm³/mol. The number of rotatable bonds is 9. The molecule has 2 aromatic heterocycles. The Morgan fingerprint density at radius 2 is 1.74 bits per heavy atom. The van der Waals surface area contributed by atoms with Crippen molar-refractivity contribution in [3.8, 4) is 11.1 Å². The van der Waals surface area contributed by atoms with Gasteiger partial charge in [0, 0.05) is 48.8 Å². The Kier molecular flexibility index (Phi) is 7.89. The van der Waals surface area contributed by atoms with Crippen molar-refractivity contribution in [3.63, 3.8) is 0 Å². The highest BCUT2D eigenvalue weighted by atomic mass is 32.1. The molecule has 1 N–H and O–H groups in total. The van der Waals surface area contributed by atoms with E-state index >= 15 is 0 Å². The van der Waals surface area contributed by atoms with Crippen molar-refractivity contribution in [3.05, 3.63) is 101 Å². The first-order valence-electron chi connectivity index (χ1n) is 10.9. The van der Waals surface area contributed by atoms with Crippen LogP contribution in [0.1, 0.15) is 10.6 Å². The van der Waals surface area contributed by atoms with Gasteiger partial charge in [-0.1, -0.05) is 42.5 Å². The number of anilines is 1. The van der Waals surface area contributed by atoms with Crippen LogP contribution in [0.4, 0.5) is 18.9 Å². The number of nitrogens with one attached hydrogen (secondary N) is 1. The second-order valence-corrected chi connectivity index (χ2v) is 8.87. The van der Waals surface area contributed by atoms with Crippen LogP contribution in [0.3, 0.4) is 0 Å². The summed E-state index contributed by atoms with van der Waals surface area (Å²) < 4.78 is 41.0. The quantitative estimate of drug-likeness (QED) is 0.332. The summed E-state index contributed by atoms with van der Waals surface area (Å²) in [6, 6.07) is 19.1. The zero-order valence-electron chi connectivity index (χ0n) is 18.7. The fraction of sp³-hybridized carbons (Fsp3) is 0.192. The van der Waals surface area contributed by atoms with Gasteiger partial charge < -0.3 is 10.2 Å². The van der Waals surface area contributed by atoms with Gasteiger partial charge in [-0.05, 0) is 47.4 Å². The Balaban J connectivity index is 1.65. The minimum atomic E-state index is -5.01. The van der Waals surface area contributed by atoms with Crippen molar-refractivity contribution in [1.82, 2.24) is 15.3 Å². The number of pyridine rings is 1. The fourth-order valence-corrected chi connectivity index (χ4v) is 4.32. The maximum absolute atomic E-state index is 13.7. The molecule has 2 aromatic carbocycles. The molecule has 5 nitrogen and oxygen atoms in total. The molecule has 0 aliphatic rings. The van der Waals surface area contributed by atoms with Crippen LogP contribution >= 0.6 is 11.3 Å². The summed E-state index contributed by atoms with van der Waals surface area (Å²) in [6.07, 6.45) is 0.327. The minimum Gasteiger partial charge on any atom is -0.306 e. The highest BCUT2D eigenvalue weighted by molar-refractivity contribution is 7.09. The lowest BCUT2D eigenvalue weighted by atomic mass is 10.0. The molecule has 180 valence electrons. The Morgan fingerprint density at radius 3 is 2.43 bits per heavy atom. The van der Waals surface area contributed by atoms with Crippen LogP contribution in [0.2, 0.25) is 0 Å². The van der Waals surface area contributed by atoms with E-state index < -0.39 is 18.1 Å². The summed E-state index contributed by atoms with van der Waals surface area (Å²) in [5, 5.41) is 5.96. The topological polar surface area (TPSA) is 58.1 Å². The van der Waals surface area contributed by atoms with E-state index in [1.807, 2.05) is 35.7 Å². The van der Waals surface area contributed by atoms with E-state index in [1.54, 1.807) is 48.9 Å². The van der Waals surface area contributed by atoms with Crippen molar-refractivity contribution in [2.75, 3.05) is 11.4 Å². The molecule has 1 amide bonds. The number of amides is 1. The standard InChI is InChI=1S/C26H23F3N4OS/c27-26(28,29)25(34)33(23-8-4-7-21(16-23)20-9-11-30-12-10-20)18-22(15-19-5-2-1-3-6-19)32-17-24-31-13-14-35-24/h1-14,16,22,32H,15,17-18H2/t22-/m1/s1. The molecule has 0 fully saturated rings. The third-order valence-corrected chi connectivity index (χ3v) is 6.19. The van der Waals surface area contributed by atoms with E-state index in [0.717, 1.165) is 21.0 Å². The molecule has 0 saturated heterocycles. The Morgan fingerprint density at radius 1 is 0.971 bits per heavy atom. The van der Waals surface area contributed by atoms with Crippen molar-refractivity contribution < 1.29 is 18.0 Å². The number of halogens is 3. The highest BCUT2D eigenvalue weighted by Gasteiger charge is 2.43. The van der Waals surface area contributed by atoms with Crippen molar-refractivity contribution in [2.24, 2.45) is 0 Å². The van der Waals surface area contributed by atoms with Gasteiger partial charge in [-0.3, -0.25) is 9.78 Å². The molecule has 1 atom stereocenters. The van der Waals surface area contributed by atoms with Gasteiger partial charge >= 0.3 is 12.1 Å². The van der Waals surface area contributed by atoms with Gasteiger partial charge in [0.2, 0.25) is 0 Å². The van der Waals surface area contributed by atoms with Crippen LogP contribution in [0.25, 0.3) is 11.1 Å². The molecule has 0 saturated carbocycles. The van der Waals surface area contributed by atoms with Gasteiger partial charge in [-0.15, -0.1) is 11.3 Å². The summed E-state index contributed by atoms with van der Waals surface area (Å²) in [5.41, 5.74) is 2.62. The molecule has 2 heterocycles. The molecule has 4 aromatic rings. The fourth-order valence-electron chi connectivity index (χ4n) is 3.75. The van der Waals surface area contributed by atoms with Gasteiger partial charge in [0.25, 0.3) is 0 Å². The van der Waals surface area contributed by atoms with Crippen LogP contribution in [0, 0.1) is 0 Å². The molecule has 0 radical (unpaired) electrons. The summed E-state index contributed by atoms with van der Waals surface area (Å²) in [6.45, 7) is 0.221. The number of nitrogens with zero attached hydrogens (tertiary/aromatic N) is 3. The number of hydrogen-bond donors (Lipinski definition) is 1. The first-order chi connectivity index (χ1) is 16.9. The van der Waals surface area contributed by atoms with E-state index in [-0.39, 0.29) is 12.2 Å². The maximum atomic E-state index is 13.7. The van der Waals surface area contributed by atoms with E-state index in [4.69, 9.17) is 0 Å². The normalized spacial score (nSPS) is 12.3. The van der Waals surface area contributed by atoms with Crippen molar-refractivity contribution in [1.29, 1.82) is 0 Å². The molecule has 35 heavy (non-hydrogen) atoms. The van der Waals surface area contributed by atoms with Gasteiger partial charge in [0.15, 0.2) is 0 Å². The van der Waals surface area contributed by atoms with Crippen molar-refractivity contribution >= 4 is 22.9 Å². The average Bonchev–Trinajstić information content (AvgIpc) is 3.40. The number of carbonyl (C=O) groups excluding carboxylic acids is 1. The maximum Gasteiger partial charge on any atom is 0.471 e. The average molecular weight is 497 g/mol. The monoisotopic (exact) mass is 496 g/mol. The molecule has 0 aliphatic carbocycles. The second-order valence-electron chi connectivity index (χ2n) is 7.89. The summed E-state index contributed by atoms with van der Waals surface area (Å²) in [5.74, 6) is -1.90. The number of benzene rings is 2. The Bertz CT molecular complexity index is 1220. The molecule has 0 aliphatic heterocycles. The van der Waals surface area contributed by atoms with Gasteiger partial charge in [0.1, 0.15) is 5.01 Å². The van der Waals surface area contributed by atoms with E-state index in [2.05, 4.69) is 15.3 Å². The lowest BCUT2D eigenvalue weighted by Crippen LogP contribution is -2.49. The Hall–Kier alpha value is -3.56. The lowest BCUT2D eigenvalue weighted by Gasteiger charge is -2.29. The molecular weight excluding hydrogens is 473 g/mol. The highest BCUT2D eigenvalue weighted by Crippen LogP contribution is 2.28. The lowest BCUT2D eigenvalue weighted by molar-refractivity contribution is -0.170. The first-order valence-corrected chi connectivity index (χ1v) is 11.8. The zero-order chi connectivity index (χ0) is 24.7.